The molecule has 16 aromatic rings. The van der Waals surface area contributed by atoms with Crippen LogP contribution in [-0.4, -0.2) is 18.3 Å². The molecule has 0 amide bonds. The summed E-state index contributed by atoms with van der Waals surface area (Å²) >= 11 is 0. The first-order valence-electron chi connectivity index (χ1n) is 30.4. The highest BCUT2D eigenvalue weighted by atomic mass is 19.4. The minimum Gasteiger partial charge on any atom is -0.308 e. The van der Waals surface area contributed by atoms with Gasteiger partial charge in [-0.1, -0.05) is 182 Å². The molecule has 0 spiro atoms. The lowest BCUT2D eigenvalue weighted by Crippen LogP contribution is -2.14. The summed E-state index contributed by atoms with van der Waals surface area (Å²) in [7, 11) is 0. The number of para-hydroxylation sites is 8. The van der Waals surface area contributed by atoms with Crippen LogP contribution in [0.4, 0.5) is 39.5 Å². The van der Waals surface area contributed by atoms with Gasteiger partial charge in [-0.25, -0.2) is 0 Å². The van der Waals surface area contributed by atoms with Crippen LogP contribution < -0.4 is 0 Å². The topological polar surface area (TPSA) is 43.5 Å². The van der Waals surface area contributed by atoms with E-state index in [4.69, 9.17) is 0 Å². The molecule has 0 N–H and O–H groups in total. The Hall–Kier alpha value is -11.3. The van der Waals surface area contributed by atoms with Crippen molar-refractivity contribution in [2.45, 2.75) is 46.2 Å². The first-order valence-corrected chi connectivity index (χ1v) is 30.4. The molecule has 4 heterocycles. The van der Waals surface area contributed by atoms with Gasteiger partial charge in [0.15, 0.2) is 0 Å². The summed E-state index contributed by atoms with van der Waals surface area (Å²) < 4.78 is 142. The van der Waals surface area contributed by atoms with E-state index in [9.17, 15) is 31.6 Å². The molecule has 0 saturated carbocycles. The first-order chi connectivity index (χ1) is 45.2. The average Bonchev–Trinajstić information content (AvgIpc) is 1.50. The van der Waals surface area contributed by atoms with E-state index in [1.165, 1.54) is 36.4 Å². The lowest BCUT2D eigenvalue weighted by Gasteiger charge is -2.24. The zero-order chi connectivity index (χ0) is 65.3. The molecule has 0 bridgehead atoms. The van der Waals surface area contributed by atoms with Gasteiger partial charge in [0.05, 0.1) is 89.1 Å². The molecule has 0 unspecified atom stereocenters. The number of hydrogen-bond acceptors (Lipinski definition) is 1. The van der Waals surface area contributed by atoms with Crippen LogP contribution in [0.3, 0.4) is 0 Å². The van der Waals surface area contributed by atoms with E-state index >= 15 is 13.2 Å². The summed E-state index contributed by atoms with van der Waals surface area (Å²) in [6, 6.07) is 72.4. The lowest BCUT2D eigenvalue weighted by atomic mass is 9.94. The SMILES string of the molecule is Cc1cccc2c3ccccc3n(-c3cc(-c4ccccc4C(F)(F)F)c(-n4c5ccccc5c5cccc(C)c54)cc3C#N)c12.Cc1cccc2c3ccccc3n(-c3cc(C(F)(F)F)c(-n4c5ccccc5c5cccc(C)c54)cc3-c3ccccc3C(F)(F)F)c12. The summed E-state index contributed by atoms with van der Waals surface area (Å²) in [6.45, 7) is 7.68. The van der Waals surface area contributed by atoms with Crippen LogP contribution in [0, 0.1) is 39.0 Å². The van der Waals surface area contributed by atoms with E-state index in [1.54, 1.807) is 51.6 Å². The van der Waals surface area contributed by atoms with E-state index in [0.717, 1.165) is 106 Å². The summed E-state index contributed by atoms with van der Waals surface area (Å²) in [5, 5.41) is 17.8. The van der Waals surface area contributed by atoms with Gasteiger partial charge in [0.1, 0.15) is 6.07 Å². The van der Waals surface area contributed by atoms with Crippen LogP contribution in [-0.2, 0) is 18.5 Å². The van der Waals surface area contributed by atoms with Crippen LogP contribution in [0.15, 0.2) is 243 Å². The summed E-state index contributed by atoms with van der Waals surface area (Å²) in [4.78, 5) is 0. The molecule has 0 atom stereocenters. The number of nitriles is 1. The van der Waals surface area contributed by atoms with Crippen LogP contribution >= 0.6 is 0 Å². The molecule has 0 aliphatic rings. The Morgan fingerprint density at radius 3 is 0.883 bits per heavy atom. The van der Waals surface area contributed by atoms with Gasteiger partial charge in [0.2, 0.25) is 0 Å². The molecule has 0 aliphatic heterocycles. The molecule has 16 rings (SSSR count). The van der Waals surface area contributed by atoms with E-state index in [2.05, 4.69) is 6.07 Å². The number of nitrogens with zero attached hydrogens (tertiary/aromatic N) is 5. The van der Waals surface area contributed by atoms with Gasteiger partial charge in [-0.15, -0.1) is 0 Å². The normalized spacial score (nSPS) is 12.3. The van der Waals surface area contributed by atoms with Gasteiger partial charge in [0.25, 0.3) is 0 Å². The number of benzene rings is 12. The van der Waals surface area contributed by atoms with Gasteiger partial charge in [-0.2, -0.15) is 44.8 Å². The van der Waals surface area contributed by atoms with Crippen molar-refractivity contribution in [3.63, 3.8) is 0 Å². The van der Waals surface area contributed by atoms with Crippen LogP contribution in [0.5, 0.6) is 0 Å². The highest BCUT2D eigenvalue weighted by Gasteiger charge is 2.40. The maximum Gasteiger partial charge on any atom is 0.418 e. The fourth-order valence-corrected chi connectivity index (χ4v) is 14.3. The van der Waals surface area contributed by atoms with Crippen LogP contribution in [0.1, 0.15) is 44.5 Å². The predicted molar refractivity (Wildman–Crippen MR) is 360 cm³/mol. The fourth-order valence-electron chi connectivity index (χ4n) is 14.3. The molecule has 0 radical (unpaired) electrons. The number of alkyl halides is 9. The smallest absolute Gasteiger partial charge is 0.308 e. The van der Waals surface area contributed by atoms with Crippen molar-refractivity contribution >= 4 is 87.2 Å². The van der Waals surface area contributed by atoms with Gasteiger partial charge in [-0.3, -0.25) is 0 Å². The van der Waals surface area contributed by atoms with Crippen molar-refractivity contribution in [3.05, 3.63) is 287 Å². The van der Waals surface area contributed by atoms with Crippen molar-refractivity contribution in [1.82, 2.24) is 18.3 Å². The Labute approximate surface area is 532 Å². The van der Waals surface area contributed by atoms with Gasteiger partial charge in [0, 0.05) is 54.2 Å². The molecule has 12 aromatic carbocycles. The standard InChI is InChI=1S/C40H26F6N2.C40H26F3N3/c1-23-11-9-16-28-26-14-4-7-19-33(26)47(37(23)28)35-22-32(40(44,45)46)36(21-30(35)25-13-3-6-18-31(25)39(41,42)43)48-34-20-8-5-15-27(34)29-17-10-12-24(2)38(29)48;1-24-11-9-16-30-28-14-4-7-19-34(28)45(38(24)30)36-22-32(27-13-3-6-18-33(27)40(41,42)43)37(21-26(36)23-44)46-35-20-8-5-15-29(35)31-17-10-12-25(2)39(31)46/h3-22H,1-2H3;3-22H,1-2H3. The third kappa shape index (κ3) is 9.31. The monoisotopic (exact) mass is 1250 g/mol. The third-order valence-corrected chi connectivity index (χ3v) is 18.2. The summed E-state index contributed by atoms with van der Waals surface area (Å²) in [5.74, 6) is 0. The number of aryl methyl sites for hydroxylation is 4. The molecule has 4 aromatic heterocycles. The quantitative estimate of drug-likeness (QED) is 0.153. The minimum atomic E-state index is -4.86. The van der Waals surface area contributed by atoms with E-state index in [0.29, 0.717) is 44.6 Å². The zero-order valence-corrected chi connectivity index (χ0v) is 50.7. The zero-order valence-electron chi connectivity index (χ0n) is 50.7. The van der Waals surface area contributed by atoms with Gasteiger partial charge < -0.3 is 18.3 Å². The molecular weight excluding hydrogens is 1200 g/mol. The van der Waals surface area contributed by atoms with Gasteiger partial charge in [-0.05, 0) is 122 Å². The van der Waals surface area contributed by atoms with Crippen molar-refractivity contribution in [2.75, 3.05) is 0 Å². The van der Waals surface area contributed by atoms with Crippen molar-refractivity contribution in [1.29, 1.82) is 5.26 Å². The lowest BCUT2D eigenvalue weighted by molar-refractivity contribution is -0.138. The Balaban J connectivity index is 0.000000155. The Morgan fingerprint density at radius 2 is 0.543 bits per heavy atom. The molecule has 460 valence electrons. The molecule has 14 heteroatoms. The van der Waals surface area contributed by atoms with Crippen molar-refractivity contribution in [2.24, 2.45) is 0 Å². The van der Waals surface area contributed by atoms with E-state index < -0.39 is 35.2 Å². The van der Waals surface area contributed by atoms with E-state index in [1.807, 2.05) is 182 Å². The number of halogens is 9. The summed E-state index contributed by atoms with van der Waals surface area (Å²) in [5.41, 5.74) is 8.02. The number of hydrogen-bond donors (Lipinski definition) is 0. The van der Waals surface area contributed by atoms with Crippen LogP contribution in [0.25, 0.3) is 132 Å². The molecule has 0 fully saturated rings. The molecule has 0 saturated heterocycles. The van der Waals surface area contributed by atoms with Crippen molar-refractivity contribution < 1.29 is 39.5 Å². The first kappa shape index (κ1) is 59.0. The second-order valence-corrected chi connectivity index (χ2v) is 23.8. The fraction of sp³-hybridized carbons (Fsp3) is 0.0875. The minimum absolute atomic E-state index is 0.000708. The second-order valence-electron chi connectivity index (χ2n) is 23.8. The summed E-state index contributed by atoms with van der Waals surface area (Å²) in [6.07, 6.45) is -14.2. The number of fused-ring (bicyclic) bond motifs is 12. The van der Waals surface area contributed by atoms with E-state index in [-0.39, 0.29) is 28.1 Å². The second kappa shape index (κ2) is 21.9. The Morgan fingerprint density at radius 1 is 0.266 bits per heavy atom. The predicted octanol–water partition coefficient (Wildman–Crippen LogP) is 23.3. The average molecular weight is 1250 g/mol. The number of rotatable bonds is 6. The largest absolute Gasteiger partial charge is 0.418 e. The highest BCUT2D eigenvalue weighted by molar-refractivity contribution is 6.14. The Bertz CT molecular complexity index is 5840. The van der Waals surface area contributed by atoms with Crippen molar-refractivity contribution in [3.8, 4) is 51.1 Å². The van der Waals surface area contributed by atoms with Gasteiger partial charge >= 0.3 is 18.5 Å². The molecular formula is C80H52F9N5. The molecule has 0 aliphatic carbocycles. The maximum absolute atomic E-state index is 15.5. The van der Waals surface area contributed by atoms with Crippen LogP contribution in [0.2, 0.25) is 0 Å². The molecule has 5 nitrogen and oxygen atoms in total. The number of aromatic nitrogens is 4. The molecule has 94 heavy (non-hydrogen) atoms. The third-order valence-electron chi connectivity index (χ3n) is 18.2. The highest BCUT2D eigenvalue weighted by Crippen LogP contribution is 2.50. The maximum atomic E-state index is 15.5. The Kier molecular flexibility index (Phi) is 13.8.